The van der Waals surface area contributed by atoms with E-state index in [9.17, 15) is 14.4 Å². The average Bonchev–Trinajstić information content (AvgIpc) is 3.00. The molecule has 0 atom stereocenters. The normalized spacial score (nSPS) is 14.9. The maximum Gasteiger partial charge on any atom is 0.251 e. The summed E-state index contributed by atoms with van der Waals surface area (Å²) in [6, 6.07) is 9.66. The van der Waals surface area contributed by atoms with E-state index in [1.165, 1.54) is 11.3 Å². The first-order valence-electron chi connectivity index (χ1n) is 9.59. The molecule has 0 spiro atoms. The van der Waals surface area contributed by atoms with E-state index in [1.54, 1.807) is 17.1 Å². The third-order valence-corrected chi connectivity index (χ3v) is 6.39. The minimum atomic E-state index is -0.534. The van der Waals surface area contributed by atoms with Gasteiger partial charge in [0.05, 0.1) is 5.56 Å². The molecule has 0 aliphatic carbocycles. The van der Waals surface area contributed by atoms with Gasteiger partial charge in [-0.15, -0.1) is 11.3 Å². The molecule has 0 saturated carbocycles. The molecule has 152 valence electrons. The number of benzene rings is 1. The van der Waals surface area contributed by atoms with Crippen molar-refractivity contribution in [2.24, 2.45) is 11.7 Å². The molecular formula is C22H25N3O3S. The Balaban J connectivity index is 1.56. The number of nitrogens with zero attached hydrogens (tertiary/aromatic N) is 1. The minimum Gasteiger partial charge on any atom is -0.365 e. The molecule has 0 unspecified atom stereocenters. The topological polar surface area (TPSA) is 92.5 Å². The minimum absolute atomic E-state index is 0.0479. The first kappa shape index (κ1) is 20.8. The van der Waals surface area contributed by atoms with Crippen molar-refractivity contribution in [3.63, 3.8) is 0 Å². The standard InChI is InChI=1S/C22H25N3O3S/c1-14-15(2)29-22(19(14)20(23)27)24-21(28)17-10-12-25(13-11-17)18(26)9-8-16-6-4-3-5-7-16/h3-9,17H,10-13H2,1-2H3,(H2,23,27)(H,24,28)/b9-8+. The number of aryl methyl sites for hydroxylation is 1. The molecule has 3 N–H and O–H groups in total. The molecule has 2 heterocycles. The highest BCUT2D eigenvalue weighted by atomic mass is 32.1. The third kappa shape index (κ3) is 4.92. The molecule has 1 fully saturated rings. The van der Waals surface area contributed by atoms with Gasteiger partial charge in [-0.3, -0.25) is 14.4 Å². The Kier molecular flexibility index (Phi) is 6.49. The molecule has 1 saturated heterocycles. The summed E-state index contributed by atoms with van der Waals surface area (Å²) in [5.41, 5.74) is 7.64. The smallest absolute Gasteiger partial charge is 0.251 e. The van der Waals surface area contributed by atoms with Crippen LogP contribution in [0.2, 0.25) is 0 Å². The number of primary amides is 1. The van der Waals surface area contributed by atoms with Crippen LogP contribution >= 0.6 is 11.3 Å². The lowest BCUT2D eigenvalue weighted by Crippen LogP contribution is -2.40. The molecule has 1 aliphatic rings. The highest BCUT2D eigenvalue weighted by Crippen LogP contribution is 2.33. The second-order valence-corrected chi connectivity index (χ2v) is 8.41. The number of carbonyl (C=O) groups excluding carboxylic acids is 3. The van der Waals surface area contributed by atoms with E-state index in [4.69, 9.17) is 5.73 Å². The number of anilines is 1. The van der Waals surface area contributed by atoms with Crippen LogP contribution in [-0.2, 0) is 9.59 Å². The predicted octanol–water partition coefficient (Wildman–Crippen LogP) is 3.35. The van der Waals surface area contributed by atoms with E-state index in [2.05, 4.69) is 5.32 Å². The number of likely N-dealkylation sites (tertiary alicyclic amines) is 1. The molecule has 1 aromatic carbocycles. The van der Waals surface area contributed by atoms with E-state index in [0.717, 1.165) is 16.0 Å². The summed E-state index contributed by atoms with van der Waals surface area (Å²) < 4.78 is 0. The van der Waals surface area contributed by atoms with Crippen molar-refractivity contribution < 1.29 is 14.4 Å². The van der Waals surface area contributed by atoms with Crippen LogP contribution in [-0.4, -0.2) is 35.7 Å². The maximum atomic E-state index is 12.7. The fraction of sp³-hybridized carbons (Fsp3) is 0.318. The zero-order chi connectivity index (χ0) is 21.0. The predicted molar refractivity (Wildman–Crippen MR) is 116 cm³/mol. The van der Waals surface area contributed by atoms with E-state index in [-0.39, 0.29) is 17.7 Å². The van der Waals surface area contributed by atoms with Gasteiger partial charge in [-0.2, -0.15) is 0 Å². The second kappa shape index (κ2) is 9.05. The van der Waals surface area contributed by atoms with Crippen molar-refractivity contribution >= 4 is 40.1 Å². The number of piperidine rings is 1. The van der Waals surface area contributed by atoms with E-state index in [0.29, 0.717) is 36.5 Å². The fourth-order valence-electron chi connectivity index (χ4n) is 3.42. The van der Waals surface area contributed by atoms with E-state index in [1.807, 2.05) is 44.2 Å². The van der Waals surface area contributed by atoms with Gasteiger partial charge < -0.3 is 16.0 Å². The number of carbonyl (C=O) groups is 3. The van der Waals surface area contributed by atoms with Gasteiger partial charge in [0.15, 0.2) is 0 Å². The summed E-state index contributed by atoms with van der Waals surface area (Å²) >= 11 is 1.37. The van der Waals surface area contributed by atoms with Crippen molar-refractivity contribution in [1.29, 1.82) is 0 Å². The quantitative estimate of drug-likeness (QED) is 0.739. The summed E-state index contributed by atoms with van der Waals surface area (Å²) in [5, 5.41) is 3.39. The van der Waals surface area contributed by atoms with Crippen LogP contribution in [0.1, 0.15) is 39.2 Å². The number of hydrogen-bond acceptors (Lipinski definition) is 4. The van der Waals surface area contributed by atoms with Gasteiger partial charge >= 0.3 is 0 Å². The lowest BCUT2D eigenvalue weighted by Gasteiger charge is -2.30. The van der Waals surface area contributed by atoms with Crippen LogP contribution in [0.25, 0.3) is 6.08 Å². The average molecular weight is 412 g/mol. The highest BCUT2D eigenvalue weighted by molar-refractivity contribution is 7.16. The Morgan fingerprint density at radius 1 is 1.14 bits per heavy atom. The Morgan fingerprint density at radius 3 is 2.41 bits per heavy atom. The number of nitrogens with one attached hydrogen (secondary N) is 1. The first-order valence-corrected chi connectivity index (χ1v) is 10.4. The molecule has 1 aromatic heterocycles. The summed E-state index contributed by atoms with van der Waals surface area (Å²) in [6.45, 7) is 4.78. The molecular weight excluding hydrogens is 386 g/mol. The van der Waals surface area contributed by atoms with Crippen LogP contribution < -0.4 is 11.1 Å². The lowest BCUT2D eigenvalue weighted by atomic mass is 9.95. The van der Waals surface area contributed by atoms with Crippen molar-refractivity contribution in [1.82, 2.24) is 4.90 Å². The molecule has 7 heteroatoms. The molecule has 0 bridgehead atoms. The first-order chi connectivity index (χ1) is 13.9. The van der Waals surface area contributed by atoms with Gasteiger partial charge in [0, 0.05) is 30.0 Å². The summed E-state index contributed by atoms with van der Waals surface area (Å²) in [7, 11) is 0. The molecule has 2 aromatic rings. The summed E-state index contributed by atoms with van der Waals surface area (Å²) in [6.07, 6.45) is 4.55. The van der Waals surface area contributed by atoms with Crippen LogP contribution in [0.5, 0.6) is 0 Å². The van der Waals surface area contributed by atoms with Crippen molar-refractivity contribution in [3.05, 3.63) is 58.0 Å². The van der Waals surface area contributed by atoms with Crippen molar-refractivity contribution in [2.45, 2.75) is 26.7 Å². The summed E-state index contributed by atoms with van der Waals surface area (Å²) in [4.78, 5) is 39.5. The number of rotatable bonds is 5. The molecule has 0 radical (unpaired) electrons. The second-order valence-electron chi connectivity index (χ2n) is 7.18. The Bertz CT molecular complexity index is 942. The van der Waals surface area contributed by atoms with Crippen molar-refractivity contribution in [3.8, 4) is 0 Å². The zero-order valence-corrected chi connectivity index (χ0v) is 17.4. The van der Waals surface area contributed by atoms with Crippen molar-refractivity contribution in [2.75, 3.05) is 18.4 Å². The Hall–Kier alpha value is -2.93. The number of nitrogens with two attached hydrogens (primary N) is 1. The monoisotopic (exact) mass is 411 g/mol. The lowest BCUT2D eigenvalue weighted by molar-refractivity contribution is -0.130. The molecule has 1 aliphatic heterocycles. The molecule has 3 amide bonds. The third-order valence-electron chi connectivity index (χ3n) is 5.26. The number of hydrogen-bond donors (Lipinski definition) is 2. The van der Waals surface area contributed by atoms with Crippen LogP contribution in [0.3, 0.4) is 0 Å². The van der Waals surface area contributed by atoms with Crippen LogP contribution in [0.15, 0.2) is 36.4 Å². The maximum absolute atomic E-state index is 12.7. The SMILES string of the molecule is Cc1sc(NC(=O)C2CCN(C(=O)/C=C/c3ccccc3)CC2)c(C(N)=O)c1C. The van der Waals surface area contributed by atoms with Gasteiger partial charge in [-0.1, -0.05) is 30.3 Å². The van der Waals surface area contributed by atoms with E-state index < -0.39 is 5.91 Å². The number of amides is 3. The Morgan fingerprint density at radius 2 is 1.79 bits per heavy atom. The van der Waals surface area contributed by atoms with Gasteiger partial charge in [0.1, 0.15) is 5.00 Å². The number of thiophene rings is 1. The van der Waals surface area contributed by atoms with Gasteiger partial charge in [-0.05, 0) is 43.9 Å². The van der Waals surface area contributed by atoms with Gasteiger partial charge in [0.2, 0.25) is 11.8 Å². The molecule has 29 heavy (non-hydrogen) atoms. The Labute approximate surface area is 174 Å². The van der Waals surface area contributed by atoms with Crippen LogP contribution in [0, 0.1) is 19.8 Å². The summed E-state index contributed by atoms with van der Waals surface area (Å²) in [5.74, 6) is -0.901. The molecule has 6 nitrogen and oxygen atoms in total. The fourth-order valence-corrected chi connectivity index (χ4v) is 4.49. The van der Waals surface area contributed by atoms with Crippen LogP contribution in [0.4, 0.5) is 5.00 Å². The molecule has 3 rings (SSSR count). The van der Waals surface area contributed by atoms with E-state index >= 15 is 0 Å². The van der Waals surface area contributed by atoms with Gasteiger partial charge in [0.25, 0.3) is 5.91 Å². The largest absolute Gasteiger partial charge is 0.365 e. The zero-order valence-electron chi connectivity index (χ0n) is 16.6. The van der Waals surface area contributed by atoms with Gasteiger partial charge in [-0.25, -0.2) is 0 Å². The highest BCUT2D eigenvalue weighted by Gasteiger charge is 2.28.